The monoisotopic (exact) mass is 384 g/mol. The predicted molar refractivity (Wildman–Crippen MR) is 110 cm³/mol. The topological polar surface area (TPSA) is 68.8 Å². The Labute approximate surface area is 166 Å². The second-order valence-corrected chi connectivity index (χ2v) is 6.78. The van der Waals surface area contributed by atoms with Crippen LogP contribution in [-0.2, 0) is 9.53 Å². The molecule has 0 bridgehead atoms. The van der Waals surface area contributed by atoms with Gasteiger partial charge < -0.3 is 24.8 Å². The Morgan fingerprint density at radius 3 is 2.32 bits per heavy atom. The molecular weight excluding hydrogens is 356 g/mol. The Hall–Kier alpha value is -2.73. The zero-order valence-corrected chi connectivity index (χ0v) is 16.4. The van der Waals surface area contributed by atoms with E-state index in [2.05, 4.69) is 10.6 Å². The van der Waals surface area contributed by atoms with Crippen LogP contribution in [0.4, 0.5) is 11.4 Å². The molecule has 6 nitrogen and oxygen atoms in total. The van der Waals surface area contributed by atoms with Gasteiger partial charge in [-0.15, -0.1) is 0 Å². The molecule has 1 heterocycles. The van der Waals surface area contributed by atoms with Crippen LogP contribution >= 0.6 is 0 Å². The molecule has 1 saturated heterocycles. The highest BCUT2D eigenvalue weighted by molar-refractivity contribution is 5.96. The quantitative estimate of drug-likeness (QED) is 0.682. The van der Waals surface area contributed by atoms with Gasteiger partial charge >= 0.3 is 0 Å². The average molecular weight is 384 g/mol. The van der Waals surface area contributed by atoms with Gasteiger partial charge in [0.05, 0.1) is 12.7 Å². The number of nitrogens with one attached hydrogen (secondary N) is 2. The van der Waals surface area contributed by atoms with Gasteiger partial charge in [-0.2, -0.15) is 0 Å². The van der Waals surface area contributed by atoms with Gasteiger partial charge in [0.15, 0.2) is 0 Å². The van der Waals surface area contributed by atoms with Crippen LogP contribution in [0.15, 0.2) is 48.5 Å². The largest absolute Gasteiger partial charge is 0.494 e. The summed E-state index contributed by atoms with van der Waals surface area (Å²) in [5.41, 5.74) is 1.60. The first-order chi connectivity index (χ1) is 13.6. The maximum Gasteiger partial charge on any atom is 0.246 e. The predicted octanol–water partition coefficient (Wildman–Crippen LogP) is 4.08. The lowest BCUT2D eigenvalue weighted by molar-refractivity contribution is -0.116. The van der Waals surface area contributed by atoms with Crippen molar-refractivity contribution in [3.8, 4) is 11.5 Å². The number of ether oxygens (including phenoxy) is 3. The molecule has 2 atom stereocenters. The van der Waals surface area contributed by atoms with E-state index < -0.39 is 0 Å². The first-order valence-corrected chi connectivity index (χ1v) is 9.79. The van der Waals surface area contributed by atoms with Crippen LogP contribution in [0.2, 0.25) is 0 Å². The Bertz CT molecular complexity index is 740. The minimum Gasteiger partial charge on any atom is -0.494 e. The fourth-order valence-corrected chi connectivity index (χ4v) is 2.98. The SMILES string of the molecule is CCOc1ccc(NC(=O)C(C)Nc2ccc(OCC3CCCO3)cc2)cc1. The lowest BCUT2D eigenvalue weighted by Crippen LogP contribution is -2.31. The maximum absolute atomic E-state index is 12.4. The molecule has 2 unspecified atom stereocenters. The molecule has 1 fully saturated rings. The molecule has 0 saturated carbocycles. The molecule has 0 spiro atoms. The number of carbonyl (C=O) groups excluding carboxylic acids is 1. The molecule has 150 valence electrons. The standard InChI is InChI=1S/C22H28N2O4/c1-3-26-19-10-8-18(9-11-19)24-22(25)16(2)23-17-6-12-20(13-7-17)28-15-21-5-4-14-27-21/h6-13,16,21,23H,3-5,14-15H2,1-2H3,(H,24,25). The molecule has 1 aliphatic heterocycles. The zero-order chi connectivity index (χ0) is 19.8. The lowest BCUT2D eigenvalue weighted by Gasteiger charge is -2.16. The van der Waals surface area contributed by atoms with Gasteiger partial charge in [-0.1, -0.05) is 0 Å². The highest BCUT2D eigenvalue weighted by Gasteiger charge is 2.16. The summed E-state index contributed by atoms with van der Waals surface area (Å²) in [7, 11) is 0. The summed E-state index contributed by atoms with van der Waals surface area (Å²) in [5.74, 6) is 1.48. The van der Waals surface area contributed by atoms with Crippen molar-refractivity contribution >= 4 is 17.3 Å². The van der Waals surface area contributed by atoms with Crippen LogP contribution in [0.5, 0.6) is 11.5 Å². The Balaban J connectivity index is 1.46. The smallest absolute Gasteiger partial charge is 0.246 e. The van der Waals surface area contributed by atoms with Crippen molar-refractivity contribution in [1.82, 2.24) is 0 Å². The van der Waals surface area contributed by atoms with Gasteiger partial charge in [0, 0.05) is 18.0 Å². The summed E-state index contributed by atoms with van der Waals surface area (Å²) in [6.07, 6.45) is 2.36. The van der Waals surface area contributed by atoms with Crippen LogP contribution in [0, 0.1) is 0 Å². The van der Waals surface area contributed by atoms with Crippen molar-refractivity contribution in [1.29, 1.82) is 0 Å². The lowest BCUT2D eigenvalue weighted by atomic mass is 10.2. The van der Waals surface area contributed by atoms with Gasteiger partial charge in [-0.05, 0) is 75.2 Å². The third-order valence-electron chi connectivity index (χ3n) is 4.52. The normalized spacial score (nSPS) is 17.0. The second kappa shape index (κ2) is 9.99. The molecule has 1 aliphatic rings. The third kappa shape index (κ3) is 5.89. The summed E-state index contributed by atoms with van der Waals surface area (Å²) in [4.78, 5) is 12.4. The first-order valence-electron chi connectivity index (χ1n) is 9.79. The molecule has 1 amide bonds. The van der Waals surface area contributed by atoms with Gasteiger partial charge in [0.2, 0.25) is 5.91 Å². The van der Waals surface area contributed by atoms with Crippen molar-refractivity contribution in [2.45, 2.75) is 38.8 Å². The number of amides is 1. The van der Waals surface area contributed by atoms with E-state index >= 15 is 0 Å². The van der Waals surface area contributed by atoms with Crippen LogP contribution < -0.4 is 20.1 Å². The molecule has 0 aliphatic carbocycles. The minimum atomic E-state index is -0.384. The van der Waals surface area contributed by atoms with E-state index in [9.17, 15) is 4.79 Å². The molecule has 2 aromatic rings. The summed E-state index contributed by atoms with van der Waals surface area (Å²) < 4.78 is 16.7. The van der Waals surface area contributed by atoms with Crippen LogP contribution in [0.3, 0.4) is 0 Å². The molecule has 2 N–H and O–H groups in total. The van der Waals surface area contributed by atoms with Gasteiger partial charge in [0.25, 0.3) is 0 Å². The zero-order valence-electron chi connectivity index (χ0n) is 16.4. The summed E-state index contributed by atoms with van der Waals surface area (Å²) in [6.45, 7) is 5.78. The van der Waals surface area contributed by atoms with Gasteiger partial charge in [-0.3, -0.25) is 4.79 Å². The van der Waals surface area contributed by atoms with E-state index in [-0.39, 0.29) is 18.1 Å². The average Bonchev–Trinajstić information content (AvgIpc) is 3.23. The number of hydrogen-bond donors (Lipinski definition) is 2. The fourth-order valence-electron chi connectivity index (χ4n) is 2.98. The van der Waals surface area contributed by atoms with Gasteiger partial charge in [-0.25, -0.2) is 0 Å². The van der Waals surface area contributed by atoms with E-state index in [1.165, 1.54) is 0 Å². The van der Waals surface area contributed by atoms with E-state index in [1.807, 2.05) is 62.4 Å². The molecular formula is C22H28N2O4. The molecule has 0 aromatic heterocycles. The maximum atomic E-state index is 12.4. The van der Waals surface area contributed by atoms with Crippen molar-refractivity contribution in [3.63, 3.8) is 0 Å². The van der Waals surface area contributed by atoms with Crippen molar-refractivity contribution in [2.75, 3.05) is 30.5 Å². The van der Waals surface area contributed by atoms with Crippen molar-refractivity contribution in [3.05, 3.63) is 48.5 Å². The van der Waals surface area contributed by atoms with E-state index in [0.717, 1.165) is 42.3 Å². The van der Waals surface area contributed by atoms with Crippen LogP contribution in [0.25, 0.3) is 0 Å². The number of anilines is 2. The van der Waals surface area contributed by atoms with Crippen molar-refractivity contribution in [2.24, 2.45) is 0 Å². The van der Waals surface area contributed by atoms with Crippen molar-refractivity contribution < 1.29 is 19.0 Å². The molecule has 28 heavy (non-hydrogen) atoms. The molecule has 6 heteroatoms. The summed E-state index contributed by atoms with van der Waals surface area (Å²) in [6, 6.07) is 14.6. The first kappa shape index (κ1) is 20.0. The van der Waals surface area contributed by atoms with E-state index in [1.54, 1.807) is 0 Å². The van der Waals surface area contributed by atoms with Crippen LogP contribution in [0.1, 0.15) is 26.7 Å². The number of benzene rings is 2. The second-order valence-electron chi connectivity index (χ2n) is 6.78. The van der Waals surface area contributed by atoms with Crippen LogP contribution in [-0.4, -0.2) is 37.9 Å². The molecule has 2 aromatic carbocycles. The molecule has 0 radical (unpaired) electrons. The van der Waals surface area contributed by atoms with E-state index in [0.29, 0.717) is 13.2 Å². The van der Waals surface area contributed by atoms with E-state index in [4.69, 9.17) is 14.2 Å². The number of rotatable bonds is 9. The third-order valence-corrected chi connectivity index (χ3v) is 4.52. The summed E-state index contributed by atoms with van der Waals surface area (Å²) in [5, 5.41) is 6.10. The minimum absolute atomic E-state index is 0.108. The highest BCUT2D eigenvalue weighted by atomic mass is 16.5. The Morgan fingerprint density at radius 1 is 1.07 bits per heavy atom. The molecule has 3 rings (SSSR count). The van der Waals surface area contributed by atoms with Gasteiger partial charge in [0.1, 0.15) is 24.1 Å². The number of carbonyl (C=O) groups is 1. The fraction of sp³-hybridized carbons (Fsp3) is 0.409. The highest BCUT2D eigenvalue weighted by Crippen LogP contribution is 2.20. The Kier molecular flexibility index (Phi) is 7.14. The summed E-state index contributed by atoms with van der Waals surface area (Å²) >= 11 is 0. The number of hydrogen-bond acceptors (Lipinski definition) is 5. The Morgan fingerprint density at radius 2 is 1.71 bits per heavy atom.